The van der Waals surface area contributed by atoms with E-state index in [4.69, 9.17) is 0 Å². The van der Waals surface area contributed by atoms with E-state index in [-0.39, 0.29) is 41.5 Å². The van der Waals surface area contributed by atoms with Gasteiger partial charge in [0.15, 0.2) is 5.78 Å². The molecule has 0 radical (unpaired) electrons. The first-order valence-corrected chi connectivity index (χ1v) is 11.6. The SMILES string of the molecule is C=CCCc1ccc2c(c1C)C(=O)CC(CC(CCC)C(CC)C(=O)CC(C)=O)C2. The summed E-state index contributed by atoms with van der Waals surface area (Å²) in [6.45, 7) is 11.5. The molecular formula is C27H38O3. The maximum absolute atomic E-state index is 13.1. The van der Waals surface area contributed by atoms with Gasteiger partial charge in [0.25, 0.3) is 0 Å². The summed E-state index contributed by atoms with van der Waals surface area (Å²) in [7, 11) is 0. The number of benzene rings is 1. The Balaban J connectivity index is 2.19. The molecule has 1 aromatic rings. The number of fused-ring (bicyclic) bond motifs is 1. The summed E-state index contributed by atoms with van der Waals surface area (Å²) in [6.07, 6.45) is 8.91. The van der Waals surface area contributed by atoms with Gasteiger partial charge in [0.1, 0.15) is 11.6 Å². The van der Waals surface area contributed by atoms with Crippen LogP contribution < -0.4 is 0 Å². The molecule has 3 heteroatoms. The van der Waals surface area contributed by atoms with Crippen LogP contribution in [0.5, 0.6) is 0 Å². The Morgan fingerprint density at radius 3 is 2.57 bits per heavy atom. The molecule has 0 fully saturated rings. The van der Waals surface area contributed by atoms with Gasteiger partial charge in [-0.15, -0.1) is 6.58 Å². The molecule has 3 nitrogen and oxygen atoms in total. The van der Waals surface area contributed by atoms with E-state index >= 15 is 0 Å². The first kappa shape index (κ1) is 24.2. The largest absolute Gasteiger partial charge is 0.300 e. The van der Waals surface area contributed by atoms with E-state index in [1.165, 1.54) is 12.5 Å². The van der Waals surface area contributed by atoms with Crippen LogP contribution in [0, 0.1) is 24.7 Å². The number of hydrogen-bond acceptors (Lipinski definition) is 3. The summed E-state index contributed by atoms with van der Waals surface area (Å²) in [5.41, 5.74) is 4.46. The Hall–Kier alpha value is -2.03. The molecule has 1 aliphatic rings. The Morgan fingerprint density at radius 1 is 1.23 bits per heavy atom. The summed E-state index contributed by atoms with van der Waals surface area (Å²) in [5.74, 6) is 0.719. The molecular weight excluding hydrogens is 372 g/mol. The highest BCUT2D eigenvalue weighted by Gasteiger charge is 2.33. The number of Topliss-reactive ketones (excluding diaryl/α,β-unsaturated/α-hetero) is 3. The van der Waals surface area contributed by atoms with Crippen molar-refractivity contribution < 1.29 is 14.4 Å². The molecule has 0 spiro atoms. The third kappa shape index (κ3) is 6.00. The van der Waals surface area contributed by atoms with Crippen molar-refractivity contribution in [2.45, 2.75) is 85.5 Å². The van der Waals surface area contributed by atoms with Crippen LogP contribution in [0.3, 0.4) is 0 Å². The number of aryl methyl sites for hydroxylation is 1. The standard InChI is InChI=1S/C27H38O3/c1-6-9-11-21-12-13-23-16-20(17-26(30)27(23)19(21)5)15-22(10-7-2)24(8-3)25(29)14-18(4)28/h6,12-13,20,22,24H,1,7-11,14-17H2,2-5H3. The highest BCUT2D eigenvalue weighted by atomic mass is 16.1. The van der Waals surface area contributed by atoms with Gasteiger partial charge in [0.05, 0.1) is 6.42 Å². The van der Waals surface area contributed by atoms with Gasteiger partial charge in [-0.25, -0.2) is 0 Å². The van der Waals surface area contributed by atoms with E-state index in [1.807, 2.05) is 13.0 Å². The van der Waals surface area contributed by atoms with Crippen LogP contribution in [0.4, 0.5) is 0 Å². The number of rotatable bonds is 12. The van der Waals surface area contributed by atoms with E-state index in [2.05, 4.69) is 32.6 Å². The van der Waals surface area contributed by atoms with Crippen molar-refractivity contribution in [1.82, 2.24) is 0 Å². The lowest BCUT2D eigenvalue weighted by atomic mass is 9.72. The zero-order valence-corrected chi connectivity index (χ0v) is 19.3. The molecule has 164 valence electrons. The van der Waals surface area contributed by atoms with Crippen LogP contribution in [0.2, 0.25) is 0 Å². The molecule has 0 heterocycles. The van der Waals surface area contributed by atoms with Crippen molar-refractivity contribution in [3.05, 3.63) is 47.0 Å². The first-order valence-electron chi connectivity index (χ1n) is 11.6. The zero-order chi connectivity index (χ0) is 22.3. The molecule has 1 aliphatic carbocycles. The number of carbonyl (C=O) groups is 3. The Labute approximate surface area is 182 Å². The van der Waals surface area contributed by atoms with Gasteiger partial charge in [0.2, 0.25) is 0 Å². The summed E-state index contributed by atoms with van der Waals surface area (Å²) >= 11 is 0. The summed E-state index contributed by atoms with van der Waals surface area (Å²) in [5, 5.41) is 0. The van der Waals surface area contributed by atoms with Gasteiger partial charge >= 0.3 is 0 Å². The fourth-order valence-electron chi connectivity index (χ4n) is 5.29. The third-order valence-corrected chi connectivity index (χ3v) is 6.68. The fraction of sp³-hybridized carbons (Fsp3) is 0.593. The fourth-order valence-corrected chi connectivity index (χ4v) is 5.29. The highest BCUT2D eigenvalue weighted by Crippen LogP contribution is 2.37. The Kier molecular flexibility index (Phi) is 9.20. The van der Waals surface area contributed by atoms with Gasteiger partial charge < -0.3 is 0 Å². The normalized spacial score (nSPS) is 17.9. The van der Waals surface area contributed by atoms with Crippen molar-refractivity contribution in [3.8, 4) is 0 Å². The van der Waals surface area contributed by atoms with Gasteiger partial charge in [-0.05, 0) is 74.5 Å². The average Bonchev–Trinajstić information content (AvgIpc) is 2.67. The monoisotopic (exact) mass is 410 g/mol. The summed E-state index contributed by atoms with van der Waals surface area (Å²) in [4.78, 5) is 37.2. The molecule has 3 atom stereocenters. The van der Waals surface area contributed by atoms with E-state index < -0.39 is 0 Å². The second kappa shape index (κ2) is 11.4. The third-order valence-electron chi connectivity index (χ3n) is 6.68. The van der Waals surface area contributed by atoms with Gasteiger partial charge in [0, 0.05) is 17.9 Å². The predicted molar refractivity (Wildman–Crippen MR) is 123 cm³/mol. The summed E-state index contributed by atoms with van der Waals surface area (Å²) in [6, 6.07) is 4.31. The van der Waals surface area contributed by atoms with Crippen LogP contribution >= 0.6 is 0 Å². The molecule has 0 amide bonds. The number of ketones is 3. The van der Waals surface area contributed by atoms with Crippen LogP contribution in [0.25, 0.3) is 0 Å². The number of allylic oxidation sites excluding steroid dienone is 1. The molecule has 0 saturated carbocycles. The van der Waals surface area contributed by atoms with Crippen molar-refractivity contribution in [1.29, 1.82) is 0 Å². The van der Waals surface area contributed by atoms with Crippen molar-refractivity contribution in [2.75, 3.05) is 0 Å². The lowest BCUT2D eigenvalue weighted by Crippen LogP contribution is -2.30. The van der Waals surface area contributed by atoms with Gasteiger partial charge in [-0.1, -0.05) is 44.9 Å². The minimum Gasteiger partial charge on any atom is -0.300 e. The first-order chi connectivity index (χ1) is 14.3. The lowest BCUT2D eigenvalue weighted by molar-refractivity contribution is -0.129. The molecule has 0 aromatic heterocycles. The van der Waals surface area contributed by atoms with E-state index in [0.717, 1.165) is 61.6 Å². The molecule has 0 saturated heterocycles. The predicted octanol–water partition coefficient (Wildman–Crippen LogP) is 6.24. The quantitative estimate of drug-likeness (QED) is 0.303. The molecule has 0 N–H and O–H groups in total. The van der Waals surface area contributed by atoms with Crippen LogP contribution in [-0.4, -0.2) is 17.3 Å². The lowest BCUT2D eigenvalue weighted by Gasteiger charge is -2.32. The second-order valence-electron chi connectivity index (χ2n) is 9.05. The zero-order valence-electron chi connectivity index (χ0n) is 19.3. The van der Waals surface area contributed by atoms with Crippen LogP contribution in [-0.2, 0) is 22.4 Å². The molecule has 0 aliphatic heterocycles. The average molecular weight is 411 g/mol. The smallest absolute Gasteiger partial charge is 0.163 e. The maximum Gasteiger partial charge on any atom is 0.163 e. The molecule has 30 heavy (non-hydrogen) atoms. The van der Waals surface area contributed by atoms with E-state index in [1.54, 1.807) is 0 Å². The van der Waals surface area contributed by atoms with Gasteiger partial charge in [-0.3, -0.25) is 14.4 Å². The molecule has 0 bridgehead atoms. The topological polar surface area (TPSA) is 51.2 Å². The maximum atomic E-state index is 13.1. The molecule has 3 unspecified atom stereocenters. The summed E-state index contributed by atoms with van der Waals surface area (Å²) < 4.78 is 0. The van der Waals surface area contributed by atoms with Crippen molar-refractivity contribution in [3.63, 3.8) is 0 Å². The Morgan fingerprint density at radius 2 is 1.97 bits per heavy atom. The van der Waals surface area contributed by atoms with E-state index in [9.17, 15) is 14.4 Å². The number of hydrogen-bond donors (Lipinski definition) is 0. The second-order valence-corrected chi connectivity index (χ2v) is 9.05. The van der Waals surface area contributed by atoms with Crippen molar-refractivity contribution in [2.24, 2.45) is 17.8 Å². The molecule has 2 rings (SSSR count). The van der Waals surface area contributed by atoms with Gasteiger partial charge in [-0.2, -0.15) is 0 Å². The highest BCUT2D eigenvalue weighted by molar-refractivity contribution is 6.00. The number of carbonyl (C=O) groups excluding carboxylic acids is 3. The molecule has 1 aromatic carbocycles. The minimum atomic E-state index is -0.0756. The Bertz CT molecular complexity index is 790. The van der Waals surface area contributed by atoms with Crippen LogP contribution in [0.15, 0.2) is 24.8 Å². The minimum absolute atomic E-state index is 0.0395. The van der Waals surface area contributed by atoms with Crippen molar-refractivity contribution >= 4 is 17.3 Å². The van der Waals surface area contributed by atoms with E-state index in [0.29, 0.717) is 6.42 Å². The van der Waals surface area contributed by atoms with Crippen LogP contribution in [0.1, 0.15) is 92.8 Å².